The van der Waals surface area contributed by atoms with Crippen LogP contribution in [0.5, 0.6) is 11.5 Å². The first kappa shape index (κ1) is 13.4. The van der Waals surface area contributed by atoms with Crippen LogP contribution in [0.1, 0.15) is 15.9 Å². The molecule has 1 heterocycles. The number of methoxy groups -OCH3 is 1. The van der Waals surface area contributed by atoms with Gasteiger partial charge in [-0.15, -0.1) is 0 Å². The molecule has 0 aliphatic carbocycles. The molecule has 0 saturated heterocycles. The van der Waals surface area contributed by atoms with E-state index in [-0.39, 0.29) is 18.2 Å². The molecule has 3 rings (SSSR count). The van der Waals surface area contributed by atoms with E-state index >= 15 is 0 Å². The van der Waals surface area contributed by atoms with Gasteiger partial charge in [0.05, 0.1) is 12.7 Å². The number of benzene rings is 2. The quantitative estimate of drug-likeness (QED) is 0.792. The largest absolute Gasteiger partial charge is 0.497 e. The third-order valence-corrected chi connectivity index (χ3v) is 3.34. The number of rotatable bonds is 2. The number of carbonyl (C=O) groups excluding carboxylic acids is 1. The summed E-state index contributed by atoms with van der Waals surface area (Å²) in [6.07, 6.45) is 1.53. The minimum absolute atomic E-state index is 0.131. The van der Waals surface area contributed by atoms with E-state index in [2.05, 4.69) is 0 Å². The highest BCUT2D eigenvalue weighted by Crippen LogP contribution is 2.31. The van der Waals surface area contributed by atoms with Crippen LogP contribution in [0.15, 0.2) is 48.0 Å². The molecule has 0 fully saturated rings. The predicted octanol–water partition coefficient (Wildman–Crippen LogP) is 3.49. The Kier molecular flexibility index (Phi) is 3.44. The molecule has 1 aliphatic rings. The summed E-state index contributed by atoms with van der Waals surface area (Å²) in [6.45, 7) is 0.131. The zero-order chi connectivity index (χ0) is 14.8. The van der Waals surface area contributed by atoms with E-state index in [0.29, 0.717) is 28.2 Å². The van der Waals surface area contributed by atoms with Crippen molar-refractivity contribution in [3.05, 3.63) is 65.0 Å². The predicted molar refractivity (Wildman–Crippen MR) is 77.2 cm³/mol. The molecule has 0 unspecified atom stereocenters. The fourth-order valence-corrected chi connectivity index (χ4v) is 2.22. The molecule has 1 aliphatic heterocycles. The second-order valence-electron chi connectivity index (χ2n) is 4.67. The number of Topliss-reactive ketones (excluding diaryl/α,β-unsaturated/α-hetero) is 1. The van der Waals surface area contributed by atoms with Gasteiger partial charge in [-0.1, -0.05) is 18.2 Å². The number of ether oxygens (including phenoxy) is 2. The number of hydrogen-bond acceptors (Lipinski definition) is 3. The van der Waals surface area contributed by atoms with E-state index in [1.807, 2.05) is 0 Å². The standard InChI is InChI=1S/C17H13FO3/c1-20-13-6-7-16-14(9-13)17(19)12(10-21-16)8-11-4-2-3-5-15(11)18/h2-9H,10H2,1H3. The van der Waals surface area contributed by atoms with Gasteiger partial charge in [-0.2, -0.15) is 0 Å². The van der Waals surface area contributed by atoms with Gasteiger partial charge in [0, 0.05) is 11.1 Å². The maximum atomic E-state index is 13.7. The molecule has 2 aromatic rings. The van der Waals surface area contributed by atoms with E-state index in [1.54, 1.807) is 36.4 Å². The molecule has 0 saturated carbocycles. The Bertz CT molecular complexity index is 735. The fraction of sp³-hybridized carbons (Fsp3) is 0.118. The smallest absolute Gasteiger partial charge is 0.196 e. The molecular formula is C17H13FO3. The third kappa shape index (κ3) is 2.52. The van der Waals surface area contributed by atoms with Crippen LogP contribution in [0, 0.1) is 5.82 Å². The van der Waals surface area contributed by atoms with Gasteiger partial charge in [-0.25, -0.2) is 4.39 Å². The van der Waals surface area contributed by atoms with Crippen LogP contribution >= 0.6 is 0 Å². The second-order valence-corrected chi connectivity index (χ2v) is 4.67. The molecule has 2 aromatic carbocycles. The molecule has 0 N–H and O–H groups in total. The summed E-state index contributed by atoms with van der Waals surface area (Å²) in [6, 6.07) is 11.4. The van der Waals surface area contributed by atoms with Crippen LogP contribution in [0.3, 0.4) is 0 Å². The van der Waals surface area contributed by atoms with Crippen molar-refractivity contribution in [2.75, 3.05) is 13.7 Å². The van der Waals surface area contributed by atoms with Crippen LogP contribution in [-0.4, -0.2) is 19.5 Å². The molecule has 106 valence electrons. The molecule has 0 atom stereocenters. The summed E-state index contributed by atoms with van der Waals surface area (Å²) in [5, 5.41) is 0. The number of carbonyl (C=O) groups is 1. The molecule has 0 spiro atoms. The summed E-state index contributed by atoms with van der Waals surface area (Å²) in [4.78, 5) is 12.5. The van der Waals surface area contributed by atoms with Gasteiger partial charge < -0.3 is 9.47 Å². The van der Waals surface area contributed by atoms with E-state index < -0.39 is 0 Å². The van der Waals surface area contributed by atoms with Gasteiger partial charge in [0.2, 0.25) is 0 Å². The summed E-state index contributed by atoms with van der Waals surface area (Å²) >= 11 is 0. The fourth-order valence-electron chi connectivity index (χ4n) is 2.22. The first-order valence-corrected chi connectivity index (χ1v) is 6.49. The van der Waals surface area contributed by atoms with Crippen molar-refractivity contribution in [3.63, 3.8) is 0 Å². The van der Waals surface area contributed by atoms with E-state index in [1.165, 1.54) is 19.3 Å². The van der Waals surface area contributed by atoms with E-state index in [9.17, 15) is 9.18 Å². The molecule has 0 radical (unpaired) electrons. The van der Waals surface area contributed by atoms with Crippen molar-refractivity contribution in [2.45, 2.75) is 0 Å². The van der Waals surface area contributed by atoms with E-state index in [4.69, 9.17) is 9.47 Å². The summed E-state index contributed by atoms with van der Waals surface area (Å²) in [7, 11) is 1.53. The molecule has 21 heavy (non-hydrogen) atoms. The average Bonchev–Trinajstić information content (AvgIpc) is 2.52. The number of fused-ring (bicyclic) bond motifs is 1. The first-order chi connectivity index (χ1) is 10.2. The lowest BCUT2D eigenvalue weighted by Gasteiger charge is -2.19. The Morgan fingerprint density at radius 1 is 1.24 bits per heavy atom. The maximum absolute atomic E-state index is 13.7. The van der Waals surface area contributed by atoms with Crippen LogP contribution in [0.25, 0.3) is 6.08 Å². The SMILES string of the molecule is COc1ccc2c(c1)C(=O)C(=Cc1ccccc1F)CO2. The first-order valence-electron chi connectivity index (χ1n) is 6.49. The lowest BCUT2D eigenvalue weighted by Crippen LogP contribution is -2.19. The zero-order valence-electron chi connectivity index (χ0n) is 11.4. The van der Waals surface area contributed by atoms with Gasteiger partial charge in [0.25, 0.3) is 0 Å². The van der Waals surface area contributed by atoms with Crippen molar-refractivity contribution in [2.24, 2.45) is 0 Å². The Labute approximate surface area is 121 Å². The van der Waals surface area contributed by atoms with Gasteiger partial charge >= 0.3 is 0 Å². The van der Waals surface area contributed by atoms with Crippen LogP contribution in [-0.2, 0) is 0 Å². The maximum Gasteiger partial charge on any atom is 0.196 e. The second kappa shape index (κ2) is 5.40. The molecular weight excluding hydrogens is 271 g/mol. The molecule has 0 bridgehead atoms. The Hall–Kier alpha value is -2.62. The van der Waals surface area contributed by atoms with Crippen molar-refractivity contribution in [1.29, 1.82) is 0 Å². The summed E-state index contributed by atoms with van der Waals surface area (Å²) in [5.41, 5.74) is 1.22. The minimum Gasteiger partial charge on any atom is -0.497 e. The lowest BCUT2D eigenvalue weighted by molar-refractivity contribution is 0.100. The Balaban J connectivity index is 2.00. The summed E-state index contributed by atoms with van der Waals surface area (Å²) < 4.78 is 24.3. The number of halogens is 1. The van der Waals surface area contributed by atoms with Gasteiger partial charge in [0.1, 0.15) is 23.9 Å². The third-order valence-electron chi connectivity index (χ3n) is 3.34. The highest BCUT2D eigenvalue weighted by molar-refractivity contribution is 6.14. The zero-order valence-corrected chi connectivity index (χ0v) is 11.4. The van der Waals surface area contributed by atoms with Crippen molar-refractivity contribution < 1.29 is 18.7 Å². The molecule has 0 amide bonds. The van der Waals surface area contributed by atoms with Crippen molar-refractivity contribution in [1.82, 2.24) is 0 Å². The average molecular weight is 284 g/mol. The minimum atomic E-state index is -0.366. The molecule has 0 aromatic heterocycles. The van der Waals surface area contributed by atoms with Gasteiger partial charge in [0.15, 0.2) is 5.78 Å². The number of ketones is 1. The normalized spacial score (nSPS) is 15.5. The van der Waals surface area contributed by atoms with Gasteiger partial charge in [-0.05, 0) is 30.3 Å². The lowest BCUT2D eigenvalue weighted by atomic mass is 9.98. The van der Waals surface area contributed by atoms with Crippen LogP contribution in [0.4, 0.5) is 4.39 Å². The van der Waals surface area contributed by atoms with Crippen molar-refractivity contribution in [3.8, 4) is 11.5 Å². The Morgan fingerprint density at radius 2 is 2.05 bits per heavy atom. The topological polar surface area (TPSA) is 35.5 Å². The number of hydrogen-bond donors (Lipinski definition) is 0. The summed E-state index contributed by atoms with van der Waals surface area (Å²) in [5.74, 6) is 0.567. The highest BCUT2D eigenvalue weighted by atomic mass is 19.1. The monoisotopic (exact) mass is 284 g/mol. The van der Waals surface area contributed by atoms with Crippen molar-refractivity contribution >= 4 is 11.9 Å². The highest BCUT2D eigenvalue weighted by Gasteiger charge is 2.24. The van der Waals surface area contributed by atoms with Gasteiger partial charge in [-0.3, -0.25) is 4.79 Å². The Morgan fingerprint density at radius 3 is 2.81 bits per heavy atom. The van der Waals surface area contributed by atoms with Crippen LogP contribution in [0.2, 0.25) is 0 Å². The molecule has 4 heteroatoms. The molecule has 3 nitrogen and oxygen atoms in total. The van der Waals surface area contributed by atoms with Crippen LogP contribution < -0.4 is 9.47 Å². The van der Waals surface area contributed by atoms with E-state index in [0.717, 1.165) is 0 Å².